The van der Waals surface area contributed by atoms with Gasteiger partial charge in [0.25, 0.3) is 0 Å². The molecule has 0 aliphatic carbocycles. The zero-order valence-corrected chi connectivity index (χ0v) is 11.6. The summed E-state index contributed by atoms with van der Waals surface area (Å²) in [6, 6.07) is 3.29. The van der Waals surface area contributed by atoms with Crippen molar-refractivity contribution in [3.63, 3.8) is 0 Å². The third-order valence-corrected chi connectivity index (χ3v) is 3.52. The maximum atomic E-state index is 11.2. The average molecular weight is 287 g/mol. The van der Waals surface area contributed by atoms with Crippen LogP contribution in [0, 0.1) is 0 Å². The first-order valence-corrected chi connectivity index (χ1v) is 7.90. The largest absolute Gasteiger partial charge is 0.491 e. The molecular weight excluding hydrogens is 274 g/mol. The molecule has 6 nitrogen and oxygen atoms in total. The highest BCUT2D eigenvalue weighted by atomic mass is 32.2. The summed E-state index contributed by atoms with van der Waals surface area (Å²) in [5.74, 6) is 0.522. The second-order valence-electron chi connectivity index (χ2n) is 3.68. The maximum Gasteiger partial charge on any atom is 0.229 e. The molecule has 0 unspecified atom stereocenters. The number of hydrogen-bond donors (Lipinski definition) is 2. The molecule has 1 aromatic carbocycles. The first kappa shape index (κ1) is 12.9. The summed E-state index contributed by atoms with van der Waals surface area (Å²) < 4.78 is 31.1. The van der Waals surface area contributed by atoms with E-state index in [-0.39, 0.29) is 0 Å². The van der Waals surface area contributed by atoms with Gasteiger partial charge in [0.05, 0.1) is 23.2 Å². The van der Waals surface area contributed by atoms with Gasteiger partial charge in [0, 0.05) is 6.07 Å². The molecule has 0 saturated heterocycles. The molecule has 98 valence electrons. The third-order valence-electron chi connectivity index (χ3n) is 2.08. The van der Waals surface area contributed by atoms with Crippen LogP contribution in [0.5, 0.6) is 5.75 Å². The van der Waals surface area contributed by atoms with E-state index in [1.807, 2.05) is 6.92 Å². The number of nitrogens with one attached hydrogen (secondary N) is 1. The average Bonchev–Trinajstić information content (AvgIpc) is 2.56. The molecule has 0 fully saturated rings. The van der Waals surface area contributed by atoms with E-state index in [1.165, 1.54) is 11.3 Å². The van der Waals surface area contributed by atoms with Crippen LogP contribution in [0.3, 0.4) is 0 Å². The van der Waals surface area contributed by atoms with Crippen molar-refractivity contribution in [1.29, 1.82) is 0 Å². The minimum absolute atomic E-state index is 0.419. The normalized spacial score (nSPS) is 11.7. The second-order valence-corrected chi connectivity index (χ2v) is 6.49. The molecule has 1 aromatic heterocycles. The van der Waals surface area contributed by atoms with E-state index in [0.717, 1.165) is 11.0 Å². The lowest BCUT2D eigenvalue weighted by Gasteiger charge is -2.08. The molecule has 2 rings (SSSR count). The van der Waals surface area contributed by atoms with E-state index in [0.29, 0.717) is 28.7 Å². The third kappa shape index (κ3) is 2.82. The van der Waals surface area contributed by atoms with E-state index in [2.05, 4.69) is 9.71 Å². The fraction of sp³-hybridized carbons (Fsp3) is 0.300. The summed E-state index contributed by atoms with van der Waals surface area (Å²) in [5, 5.41) is 0.419. The summed E-state index contributed by atoms with van der Waals surface area (Å²) in [4.78, 5) is 4.16. The molecular formula is C10H13N3O3S2. The SMILES string of the molecule is CCOc1cc(NS(C)(=O)=O)cc2sc(N)nc12. The number of nitrogens with zero attached hydrogens (tertiary/aromatic N) is 1. The molecule has 8 heteroatoms. The number of hydrogen-bond acceptors (Lipinski definition) is 6. The quantitative estimate of drug-likeness (QED) is 0.891. The van der Waals surface area contributed by atoms with Crippen LogP contribution in [0.25, 0.3) is 10.2 Å². The van der Waals surface area contributed by atoms with Crippen LogP contribution >= 0.6 is 11.3 Å². The first-order valence-electron chi connectivity index (χ1n) is 5.19. The molecule has 3 N–H and O–H groups in total. The summed E-state index contributed by atoms with van der Waals surface area (Å²) in [6.07, 6.45) is 1.10. The Hall–Kier alpha value is -1.54. The lowest BCUT2D eigenvalue weighted by Crippen LogP contribution is -2.09. The van der Waals surface area contributed by atoms with Crippen LogP contribution in [0.1, 0.15) is 6.92 Å². The monoisotopic (exact) mass is 287 g/mol. The van der Waals surface area contributed by atoms with Crippen molar-refractivity contribution in [2.45, 2.75) is 6.92 Å². The number of anilines is 2. The highest BCUT2D eigenvalue weighted by molar-refractivity contribution is 7.92. The highest BCUT2D eigenvalue weighted by Gasteiger charge is 2.12. The molecule has 0 saturated carbocycles. The van der Waals surface area contributed by atoms with E-state index >= 15 is 0 Å². The number of nitrogen functional groups attached to an aromatic ring is 1. The molecule has 18 heavy (non-hydrogen) atoms. The molecule has 0 atom stereocenters. The van der Waals surface area contributed by atoms with Gasteiger partial charge >= 0.3 is 0 Å². The van der Waals surface area contributed by atoms with Crippen LogP contribution in [-0.2, 0) is 10.0 Å². The maximum absolute atomic E-state index is 11.2. The number of thiazole rings is 1. The predicted octanol–water partition coefficient (Wildman–Crippen LogP) is 1.65. The number of sulfonamides is 1. The minimum Gasteiger partial charge on any atom is -0.491 e. The Morgan fingerprint density at radius 2 is 2.22 bits per heavy atom. The van der Waals surface area contributed by atoms with Crippen LogP contribution < -0.4 is 15.2 Å². The fourth-order valence-corrected chi connectivity index (χ4v) is 2.89. The number of aromatic nitrogens is 1. The lowest BCUT2D eigenvalue weighted by molar-refractivity contribution is 0.344. The van der Waals surface area contributed by atoms with Crippen molar-refractivity contribution in [1.82, 2.24) is 4.98 Å². The number of fused-ring (bicyclic) bond motifs is 1. The molecule has 1 heterocycles. The highest BCUT2D eigenvalue weighted by Crippen LogP contribution is 2.34. The van der Waals surface area contributed by atoms with Gasteiger partial charge in [0.15, 0.2) is 5.13 Å². The topological polar surface area (TPSA) is 94.3 Å². The molecule has 0 radical (unpaired) electrons. The summed E-state index contributed by atoms with van der Waals surface area (Å²) in [7, 11) is -3.32. The predicted molar refractivity (Wildman–Crippen MR) is 73.7 cm³/mol. The molecule has 0 spiro atoms. The molecule has 0 bridgehead atoms. The lowest BCUT2D eigenvalue weighted by atomic mass is 10.3. The molecule has 2 aromatic rings. The smallest absolute Gasteiger partial charge is 0.229 e. The number of rotatable bonds is 4. The fourth-order valence-electron chi connectivity index (χ4n) is 1.55. The van der Waals surface area contributed by atoms with E-state index in [4.69, 9.17) is 10.5 Å². The van der Waals surface area contributed by atoms with Crippen molar-refractivity contribution < 1.29 is 13.2 Å². The van der Waals surface area contributed by atoms with Crippen molar-refractivity contribution in [3.8, 4) is 5.75 Å². The Balaban J connectivity index is 2.56. The van der Waals surface area contributed by atoms with Gasteiger partial charge in [0.2, 0.25) is 10.0 Å². The van der Waals surface area contributed by atoms with Crippen LogP contribution in [0.4, 0.5) is 10.8 Å². The van der Waals surface area contributed by atoms with Gasteiger partial charge in [-0.15, -0.1) is 0 Å². The second kappa shape index (κ2) is 4.62. The van der Waals surface area contributed by atoms with E-state index in [9.17, 15) is 8.42 Å². The Labute approximate surface area is 109 Å². The van der Waals surface area contributed by atoms with Crippen LogP contribution in [-0.4, -0.2) is 26.3 Å². The summed E-state index contributed by atoms with van der Waals surface area (Å²) in [5.41, 5.74) is 6.74. The Bertz CT molecular complexity index is 679. The first-order chi connectivity index (χ1) is 8.39. The van der Waals surface area contributed by atoms with Gasteiger partial charge in [-0.25, -0.2) is 13.4 Å². The number of ether oxygens (including phenoxy) is 1. The zero-order valence-electron chi connectivity index (χ0n) is 9.93. The Kier molecular flexibility index (Phi) is 3.31. The zero-order chi connectivity index (χ0) is 13.3. The minimum atomic E-state index is -3.32. The summed E-state index contributed by atoms with van der Waals surface area (Å²) in [6.45, 7) is 2.31. The number of benzene rings is 1. The van der Waals surface area contributed by atoms with E-state index in [1.54, 1.807) is 12.1 Å². The van der Waals surface area contributed by atoms with Crippen LogP contribution in [0.2, 0.25) is 0 Å². The summed E-state index contributed by atoms with van der Waals surface area (Å²) >= 11 is 1.28. The Morgan fingerprint density at radius 1 is 1.50 bits per heavy atom. The molecule has 0 aliphatic rings. The van der Waals surface area contributed by atoms with Gasteiger partial charge < -0.3 is 10.5 Å². The van der Waals surface area contributed by atoms with Crippen molar-refractivity contribution in [2.75, 3.05) is 23.3 Å². The Morgan fingerprint density at radius 3 is 2.83 bits per heavy atom. The number of nitrogens with two attached hydrogens (primary N) is 1. The van der Waals surface area contributed by atoms with Gasteiger partial charge in [0.1, 0.15) is 11.3 Å². The van der Waals surface area contributed by atoms with Crippen molar-refractivity contribution in [3.05, 3.63) is 12.1 Å². The van der Waals surface area contributed by atoms with Crippen LogP contribution in [0.15, 0.2) is 12.1 Å². The van der Waals surface area contributed by atoms with Gasteiger partial charge in [-0.3, -0.25) is 4.72 Å². The molecule has 0 amide bonds. The van der Waals surface area contributed by atoms with Crippen molar-refractivity contribution in [2.24, 2.45) is 0 Å². The van der Waals surface area contributed by atoms with Gasteiger partial charge in [-0.1, -0.05) is 11.3 Å². The van der Waals surface area contributed by atoms with Gasteiger partial charge in [-0.2, -0.15) is 0 Å². The van der Waals surface area contributed by atoms with Crippen molar-refractivity contribution >= 4 is 42.4 Å². The van der Waals surface area contributed by atoms with Gasteiger partial charge in [-0.05, 0) is 13.0 Å². The standard InChI is InChI=1S/C10H13N3O3S2/c1-3-16-7-4-6(13-18(2,14)15)5-8-9(7)12-10(11)17-8/h4-5,13H,3H2,1-2H3,(H2,11,12). The molecule has 0 aliphatic heterocycles. The van der Waals surface area contributed by atoms with E-state index < -0.39 is 10.0 Å².